The predicted molar refractivity (Wildman–Crippen MR) is 65.6 cm³/mol. The summed E-state index contributed by atoms with van der Waals surface area (Å²) in [6.07, 6.45) is 3.33. The van der Waals surface area contributed by atoms with Crippen LogP contribution >= 0.6 is 0 Å². The van der Waals surface area contributed by atoms with Crippen LogP contribution in [0.4, 0.5) is 5.82 Å². The summed E-state index contributed by atoms with van der Waals surface area (Å²) in [6, 6.07) is 1.67. The number of methoxy groups -OCH3 is 1. The number of rotatable bonds is 8. The van der Waals surface area contributed by atoms with E-state index in [-0.39, 0.29) is 0 Å². The first kappa shape index (κ1) is 13.7. The molecule has 0 saturated carbocycles. The minimum Gasteiger partial charge on any atom is -0.478 e. The Kier molecular flexibility index (Phi) is 6.27. The lowest BCUT2D eigenvalue weighted by atomic mass is 10.3. The average Bonchev–Trinajstić information content (AvgIpc) is 2.35. The first-order chi connectivity index (χ1) is 8.30. The molecule has 96 valence electrons. The third-order valence-corrected chi connectivity index (χ3v) is 2.17. The molecule has 1 aromatic rings. The number of nitrogens with zero attached hydrogens (tertiary/aromatic N) is 2. The van der Waals surface area contributed by atoms with Crippen molar-refractivity contribution in [1.82, 2.24) is 9.97 Å². The minimum atomic E-state index is 0.334. The van der Waals surface area contributed by atoms with Crippen LogP contribution in [-0.2, 0) is 11.3 Å². The summed E-state index contributed by atoms with van der Waals surface area (Å²) < 4.78 is 10.5. The van der Waals surface area contributed by atoms with Gasteiger partial charge in [0, 0.05) is 13.2 Å². The molecule has 0 spiro atoms. The fourth-order valence-corrected chi connectivity index (χ4v) is 1.34. The molecular weight excluding hydrogens is 220 g/mol. The summed E-state index contributed by atoms with van der Waals surface area (Å²) in [5.41, 5.74) is 2.48. The first-order valence-electron chi connectivity index (χ1n) is 5.76. The van der Waals surface area contributed by atoms with E-state index < -0.39 is 0 Å². The van der Waals surface area contributed by atoms with E-state index >= 15 is 0 Å². The Hall–Kier alpha value is -1.40. The maximum absolute atomic E-state index is 5.54. The van der Waals surface area contributed by atoms with Gasteiger partial charge in [-0.1, -0.05) is 19.8 Å². The van der Waals surface area contributed by atoms with E-state index in [0.29, 0.717) is 30.7 Å². The van der Waals surface area contributed by atoms with Crippen LogP contribution < -0.4 is 16.0 Å². The Morgan fingerprint density at radius 1 is 1.35 bits per heavy atom. The van der Waals surface area contributed by atoms with Crippen LogP contribution in [0.1, 0.15) is 32.0 Å². The molecule has 1 heterocycles. The molecule has 0 bridgehead atoms. The van der Waals surface area contributed by atoms with Crippen LogP contribution in [0.3, 0.4) is 0 Å². The average molecular weight is 240 g/mol. The number of hydrazine groups is 1. The molecule has 1 rings (SSSR count). The zero-order valence-corrected chi connectivity index (χ0v) is 10.4. The van der Waals surface area contributed by atoms with Crippen LogP contribution in [0.2, 0.25) is 0 Å². The maximum Gasteiger partial charge on any atom is 0.218 e. The summed E-state index contributed by atoms with van der Waals surface area (Å²) in [6.45, 7) is 3.14. The smallest absolute Gasteiger partial charge is 0.218 e. The molecular formula is C11H20N4O2. The monoisotopic (exact) mass is 240 g/mol. The number of nitrogens with one attached hydrogen (secondary N) is 1. The van der Waals surface area contributed by atoms with Gasteiger partial charge in [-0.3, -0.25) is 0 Å². The third-order valence-electron chi connectivity index (χ3n) is 2.17. The van der Waals surface area contributed by atoms with E-state index in [4.69, 9.17) is 15.3 Å². The van der Waals surface area contributed by atoms with Crippen molar-refractivity contribution in [2.45, 2.75) is 32.8 Å². The van der Waals surface area contributed by atoms with Crippen molar-refractivity contribution >= 4 is 5.82 Å². The van der Waals surface area contributed by atoms with Crippen LogP contribution in [0.15, 0.2) is 6.07 Å². The summed E-state index contributed by atoms with van der Waals surface area (Å²) >= 11 is 0. The molecule has 0 fully saturated rings. The molecule has 0 aliphatic carbocycles. The predicted octanol–water partition coefficient (Wildman–Crippen LogP) is 1.48. The van der Waals surface area contributed by atoms with Crippen molar-refractivity contribution in [2.24, 2.45) is 5.84 Å². The second kappa shape index (κ2) is 7.81. The van der Waals surface area contributed by atoms with Crippen molar-refractivity contribution in [3.63, 3.8) is 0 Å². The molecule has 6 nitrogen and oxygen atoms in total. The topological polar surface area (TPSA) is 82.3 Å². The molecule has 0 radical (unpaired) electrons. The van der Waals surface area contributed by atoms with Gasteiger partial charge in [0.05, 0.1) is 6.61 Å². The lowest BCUT2D eigenvalue weighted by molar-refractivity contribution is 0.176. The highest BCUT2D eigenvalue weighted by atomic mass is 16.5. The van der Waals surface area contributed by atoms with Gasteiger partial charge in [0.1, 0.15) is 12.4 Å². The van der Waals surface area contributed by atoms with E-state index in [1.165, 1.54) is 0 Å². The molecule has 0 saturated heterocycles. The SMILES string of the molecule is CCCCCOc1cc(NN)nc(COC)n1. The van der Waals surface area contributed by atoms with Crippen molar-refractivity contribution in [1.29, 1.82) is 0 Å². The lowest BCUT2D eigenvalue weighted by Gasteiger charge is -2.08. The number of nitrogen functional groups attached to an aromatic ring is 1. The number of aromatic nitrogens is 2. The van der Waals surface area contributed by atoms with Gasteiger partial charge in [0.25, 0.3) is 0 Å². The highest BCUT2D eigenvalue weighted by Crippen LogP contribution is 2.13. The Labute approximate surface area is 102 Å². The van der Waals surface area contributed by atoms with Gasteiger partial charge in [0.15, 0.2) is 5.82 Å². The Morgan fingerprint density at radius 3 is 2.82 bits per heavy atom. The van der Waals surface area contributed by atoms with Crippen LogP contribution in [0.5, 0.6) is 5.88 Å². The van der Waals surface area contributed by atoms with Crippen molar-refractivity contribution < 1.29 is 9.47 Å². The molecule has 0 atom stereocenters. The number of hydrogen-bond acceptors (Lipinski definition) is 6. The molecule has 0 aromatic carbocycles. The molecule has 1 aromatic heterocycles. The minimum absolute atomic E-state index is 0.334. The summed E-state index contributed by atoms with van der Waals surface area (Å²) in [7, 11) is 1.59. The molecule has 0 amide bonds. The van der Waals surface area contributed by atoms with E-state index in [2.05, 4.69) is 22.3 Å². The normalized spacial score (nSPS) is 10.3. The summed E-state index contributed by atoms with van der Waals surface area (Å²) in [4.78, 5) is 8.35. The fourth-order valence-electron chi connectivity index (χ4n) is 1.34. The molecule has 0 aliphatic heterocycles. The van der Waals surface area contributed by atoms with Gasteiger partial charge < -0.3 is 14.9 Å². The number of nitrogens with two attached hydrogens (primary N) is 1. The van der Waals surface area contributed by atoms with Crippen LogP contribution in [0.25, 0.3) is 0 Å². The van der Waals surface area contributed by atoms with Gasteiger partial charge in [-0.15, -0.1) is 0 Å². The highest BCUT2D eigenvalue weighted by Gasteiger charge is 2.04. The van der Waals surface area contributed by atoms with Gasteiger partial charge in [-0.25, -0.2) is 10.8 Å². The van der Waals surface area contributed by atoms with Crippen molar-refractivity contribution in [2.75, 3.05) is 19.1 Å². The zero-order valence-electron chi connectivity index (χ0n) is 10.4. The standard InChI is InChI=1S/C11H20N4O2/c1-3-4-5-6-17-11-7-9(15-12)13-10(14-11)8-16-2/h7H,3-6,8,12H2,1-2H3,(H,13,14,15). The molecule has 0 unspecified atom stereocenters. The fraction of sp³-hybridized carbons (Fsp3) is 0.636. The second-order valence-electron chi connectivity index (χ2n) is 3.64. The van der Waals surface area contributed by atoms with Crippen molar-refractivity contribution in [3.8, 4) is 5.88 Å². The van der Waals surface area contributed by atoms with E-state index in [1.807, 2.05) is 0 Å². The van der Waals surface area contributed by atoms with Crippen LogP contribution in [-0.4, -0.2) is 23.7 Å². The number of hydrogen-bond donors (Lipinski definition) is 2. The molecule has 17 heavy (non-hydrogen) atoms. The third kappa shape index (κ3) is 4.97. The van der Waals surface area contributed by atoms with Gasteiger partial charge >= 0.3 is 0 Å². The number of ether oxygens (including phenoxy) is 2. The Morgan fingerprint density at radius 2 is 2.18 bits per heavy atom. The summed E-state index contributed by atoms with van der Waals surface area (Å²) in [5, 5.41) is 0. The molecule has 6 heteroatoms. The van der Waals surface area contributed by atoms with Crippen molar-refractivity contribution in [3.05, 3.63) is 11.9 Å². The summed E-state index contributed by atoms with van der Waals surface area (Å²) in [5.74, 6) is 6.92. The van der Waals surface area contributed by atoms with E-state index in [1.54, 1.807) is 13.2 Å². The highest BCUT2D eigenvalue weighted by molar-refractivity contribution is 5.36. The first-order valence-corrected chi connectivity index (χ1v) is 5.76. The van der Waals surface area contributed by atoms with Gasteiger partial charge in [-0.05, 0) is 6.42 Å². The van der Waals surface area contributed by atoms with E-state index in [0.717, 1.165) is 19.3 Å². The largest absolute Gasteiger partial charge is 0.478 e. The Balaban J connectivity index is 2.59. The van der Waals surface area contributed by atoms with Crippen LogP contribution in [0, 0.1) is 0 Å². The molecule has 0 aliphatic rings. The number of anilines is 1. The number of unbranched alkanes of at least 4 members (excludes halogenated alkanes) is 2. The Bertz CT molecular complexity index is 333. The van der Waals surface area contributed by atoms with E-state index in [9.17, 15) is 0 Å². The van der Waals surface area contributed by atoms with Gasteiger partial charge in [0.2, 0.25) is 5.88 Å². The molecule has 3 N–H and O–H groups in total. The zero-order chi connectivity index (χ0) is 12.5. The lowest BCUT2D eigenvalue weighted by Crippen LogP contribution is -2.12. The second-order valence-corrected chi connectivity index (χ2v) is 3.64. The quantitative estimate of drug-likeness (QED) is 0.407. The maximum atomic E-state index is 5.54. The van der Waals surface area contributed by atoms with Gasteiger partial charge in [-0.2, -0.15) is 4.98 Å².